The van der Waals surface area contributed by atoms with E-state index >= 15 is 0 Å². The second-order valence-corrected chi connectivity index (χ2v) is 4.58. The molecule has 1 aromatic rings. The zero-order chi connectivity index (χ0) is 12.1. The Morgan fingerprint density at radius 3 is 2.44 bits per heavy atom. The van der Waals surface area contributed by atoms with E-state index in [1.807, 2.05) is 13.8 Å². The first-order valence-electron chi connectivity index (χ1n) is 5.22. The number of alkyl halides is 1. The zero-order valence-corrected chi connectivity index (χ0v) is 10.2. The van der Waals surface area contributed by atoms with E-state index in [1.165, 1.54) is 12.1 Å². The Bertz CT molecular complexity index is 349. The number of aromatic hydroxyl groups is 1. The van der Waals surface area contributed by atoms with Crippen LogP contribution in [0.2, 0.25) is 0 Å². The summed E-state index contributed by atoms with van der Waals surface area (Å²) in [5.41, 5.74) is 0.519. The van der Waals surface area contributed by atoms with Gasteiger partial charge in [-0.2, -0.15) is 0 Å². The molecule has 0 bridgehead atoms. The summed E-state index contributed by atoms with van der Waals surface area (Å²) in [6.07, 6.45) is 0. The van der Waals surface area contributed by atoms with Crippen molar-refractivity contribution in [3.63, 3.8) is 0 Å². The molecule has 0 radical (unpaired) electrons. The van der Waals surface area contributed by atoms with Gasteiger partial charge in [-0.3, -0.25) is 4.79 Å². The van der Waals surface area contributed by atoms with Crippen molar-refractivity contribution in [3.05, 3.63) is 29.8 Å². The van der Waals surface area contributed by atoms with Crippen LogP contribution in [0.25, 0.3) is 0 Å². The molecule has 4 heteroatoms. The third kappa shape index (κ3) is 3.74. The van der Waals surface area contributed by atoms with E-state index in [4.69, 9.17) is 16.7 Å². The molecule has 1 aromatic carbocycles. The van der Waals surface area contributed by atoms with Crippen molar-refractivity contribution in [2.24, 2.45) is 5.92 Å². The predicted molar refractivity (Wildman–Crippen MR) is 64.9 cm³/mol. The summed E-state index contributed by atoms with van der Waals surface area (Å²) < 4.78 is 0. The Hall–Kier alpha value is -1.22. The first-order valence-corrected chi connectivity index (χ1v) is 5.65. The molecular formula is C12H16ClNO2. The molecule has 1 rings (SSSR count). The lowest BCUT2D eigenvalue weighted by molar-refractivity contribution is 0.0952. The van der Waals surface area contributed by atoms with Crippen LogP contribution in [-0.2, 0) is 0 Å². The fourth-order valence-electron chi connectivity index (χ4n) is 1.14. The van der Waals surface area contributed by atoms with Gasteiger partial charge in [-0.05, 0) is 30.2 Å². The van der Waals surface area contributed by atoms with E-state index in [9.17, 15) is 4.79 Å². The molecule has 1 amide bonds. The van der Waals surface area contributed by atoms with Crippen LogP contribution in [0.3, 0.4) is 0 Å². The molecule has 2 N–H and O–H groups in total. The second kappa shape index (κ2) is 5.75. The maximum absolute atomic E-state index is 11.6. The summed E-state index contributed by atoms with van der Waals surface area (Å²) >= 11 is 6.02. The normalized spacial score (nSPS) is 12.5. The lowest BCUT2D eigenvalue weighted by atomic mass is 10.1. The summed E-state index contributed by atoms with van der Waals surface area (Å²) in [6, 6.07) is 6.11. The highest BCUT2D eigenvalue weighted by Crippen LogP contribution is 2.10. The molecule has 88 valence electrons. The minimum absolute atomic E-state index is 0.0685. The number of carbonyl (C=O) groups is 1. The molecule has 0 aromatic heterocycles. The molecule has 0 heterocycles. The lowest BCUT2D eigenvalue weighted by Gasteiger charge is -2.13. The largest absolute Gasteiger partial charge is 0.508 e. The number of benzene rings is 1. The fourth-order valence-corrected chi connectivity index (χ4v) is 1.22. The monoisotopic (exact) mass is 241 g/mol. The van der Waals surface area contributed by atoms with Gasteiger partial charge >= 0.3 is 0 Å². The number of carbonyl (C=O) groups excluding carboxylic acids is 1. The summed E-state index contributed by atoms with van der Waals surface area (Å²) in [6.45, 7) is 4.45. The van der Waals surface area contributed by atoms with Crippen molar-refractivity contribution < 1.29 is 9.90 Å². The van der Waals surface area contributed by atoms with Crippen LogP contribution in [0.15, 0.2) is 24.3 Å². The van der Waals surface area contributed by atoms with Crippen LogP contribution in [0.4, 0.5) is 0 Å². The van der Waals surface area contributed by atoms with Crippen LogP contribution in [0, 0.1) is 5.92 Å². The highest BCUT2D eigenvalue weighted by atomic mass is 35.5. The molecular weight excluding hydrogens is 226 g/mol. The summed E-state index contributed by atoms with van der Waals surface area (Å²) in [5.74, 6) is 0.294. The van der Waals surface area contributed by atoms with E-state index in [1.54, 1.807) is 12.1 Å². The van der Waals surface area contributed by atoms with Crippen LogP contribution >= 0.6 is 11.6 Å². The van der Waals surface area contributed by atoms with Crippen molar-refractivity contribution in [1.29, 1.82) is 0 Å². The van der Waals surface area contributed by atoms with Gasteiger partial charge in [-0.15, -0.1) is 11.6 Å². The van der Waals surface area contributed by atoms with Gasteiger partial charge in [0.1, 0.15) is 5.75 Å². The molecule has 0 aliphatic heterocycles. The molecule has 0 saturated heterocycles. The van der Waals surface area contributed by atoms with E-state index in [0.717, 1.165) is 0 Å². The Balaban J connectivity index is 2.50. The molecule has 0 aliphatic carbocycles. The van der Waals surface area contributed by atoms with Crippen LogP contribution in [0.1, 0.15) is 24.2 Å². The smallest absolute Gasteiger partial charge is 0.251 e. The van der Waals surface area contributed by atoms with Crippen molar-refractivity contribution in [2.75, 3.05) is 6.54 Å². The predicted octanol–water partition coefficient (Wildman–Crippen LogP) is 2.39. The first-order chi connectivity index (χ1) is 7.50. The average Bonchev–Trinajstić information content (AvgIpc) is 2.26. The van der Waals surface area contributed by atoms with Gasteiger partial charge in [0, 0.05) is 12.1 Å². The number of phenolic OH excluding ortho intramolecular Hbond substituents is 1. The van der Waals surface area contributed by atoms with Gasteiger partial charge in [0.25, 0.3) is 5.91 Å². The van der Waals surface area contributed by atoms with Gasteiger partial charge in [0.2, 0.25) is 0 Å². The quantitative estimate of drug-likeness (QED) is 0.796. The highest BCUT2D eigenvalue weighted by molar-refractivity contribution is 6.21. The standard InChI is InChI=1S/C12H16ClNO2/c1-8(2)11(13)7-14-12(16)9-3-5-10(15)6-4-9/h3-6,8,11,15H,7H2,1-2H3,(H,14,16). The maximum atomic E-state index is 11.6. The third-order valence-corrected chi connectivity index (χ3v) is 2.97. The van der Waals surface area contributed by atoms with Crippen molar-refractivity contribution in [3.8, 4) is 5.75 Å². The summed E-state index contributed by atoms with van der Waals surface area (Å²) in [5, 5.41) is 11.8. The third-order valence-electron chi connectivity index (χ3n) is 2.31. The Morgan fingerprint density at radius 2 is 1.94 bits per heavy atom. The molecule has 0 spiro atoms. The van der Waals surface area contributed by atoms with Crippen LogP contribution in [-0.4, -0.2) is 22.9 Å². The number of amides is 1. The Labute approximate surface area is 100 Å². The van der Waals surface area contributed by atoms with E-state index < -0.39 is 0 Å². The Kier molecular flexibility index (Phi) is 4.62. The van der Waals surface area contributed by atoms with Gasteiger partial charge in [0.15, 0.2) is 0 Å². The molecule has 16 heavy (non-hydrogen) atoms. The summed E-state index contributed by atoms with van der Waals surface area (Å²) in [4.78, 5) is 11.6. The van der Waals surface area contributed by atoms with Gasteiger partial charge < -0.3 is 10.4 Å². The number of nitrogens with one attached hydrogen (secondary N) is 1. The first kappa shape index (κ1) is 12.8. The number of phenols is 1. The number of hydrogen-bond acceptors (Lipinski definition) is 2. The van der Waals surface area contributed by atoms with E-state index in [-0.39, 0.29) is 17.0 Å². The molecule has 3 nitrogen and oxygen atoms in total. The van der Waals surface area contributed by atoms with Crippen molar-refractivity contribution in [2.45, 2.75) is 19.2 Å². The van der Waals surface area contributed by atoms with E-state index in [2.05, 4.69) is 5.32 Å². The number of hydrogen-bond donors (Lipinski definition) is 2. The molecule has 0 aliphatic rings. The topological polar surface area (TPSA) is 49.3 Å². The molecule has 1 atom stereocenters. The van der Waals surface area contributed by atoms with E-state index in [0.29, 0.717) is 18.0 Å². The van der Waals surface area contributed by atoms with Crippen LogP contribution < -0.4 is 5.32 Å². The molecule has 0 fully saturated rings. The van der Waals surface area contributed by atoms with Crippen molar-refractivity contribution >= 4 is 17.5 Å². The number of halogens is 1. The highest BCUT2D eigenvalue weighted by Gasteiger charge is 2.11. The second-order valence-electron chi connectivity index (χ2n) is 4.02. The minimum Gasteiger partial charge on any atom is -0.508 e. The van der Waals surface area contributed by atoms with Crippen molar-refractivity contribution in [1.82, 2.24) is 5.32 Å². The summed E-state index contributed by atoms with van der Waals surface area (Å²) in [7, 11) is 0. The molecule has 1 unspecified atom stereocenters. The Morgan fingerprint density at radius 1 is 1.38 bits per heavy atom. The zero-order valence-electron chi connectivity index (χ0n) is 9.40. The SMILES string of the molecule is CC(C)C(Cl)CNC(=O)c1ccc(O)cc1. The molecule has 0 saturated carbocycles. The van der Waals surface area contributed by atoms with Gasteiger partial charge in [-0.1, -0.05) is 13.8 Å². The van der Waals surface area contributed by atoms with Gasteiger partial charge in [-0.25, -0.2) is 0 Å². The van der Waals surface area contributed by atoms with Crippen LogP contribution in [0.5, 0.6) is 5.75 Å². The fraction of sp³-hybridized carbons (Fsp3) is 0.417. The minimum atomic E-state index is -0.175. The average molecular weight is 242 g/mol. The lowest BCUT2D eigenvalue weighted by Crippen LogP contribution is -2.31. The maximum Gasteiger partial charge on any atom is 0.251 e. The number of rotatable bonds is 4. The van der Waals surface area contributed by atoms with Gasteiger partial charge in [0.05, 0.1) is 5.38 Å².